The Kier molecular flexibility index (Phi) is 3.86. The molecule has 0 saturated carbocycles. The van der Waals surface area contributed by atoms with Gasteiger partial charge in [0.1, 0.15) is 10.7 Å². The molecule has 0 aliphatic heterocycles. The summed E-state index contributed by atoms with van der Waals surface area (Å²) in [5, 5.41) is 9.86. The van der Waals surface area contributed by atoms with Gasteiger partial charge in [0.15, 0.2) is 5.82 Å². The van der Waals surface area contributed by atoms with Crippen LogP contribution in [-0.2, 0) is 12.8 Å². The maximum atomic E-state index is 5.51. The fourth-order valence-corrected chi connectivity index (χ4v) is 3.25. The molecule has 0 amide bonds. The van der Waals surface area contributed by atoms with Crippen LogP contribution in [0, 0.1) is 6.92 Å². The molecule has 0 spiro atoms. The molecule has 0 aromatic carbocycles. The van der Waals surface area contributed by atoms with Gasteiger partial charge in [0.25, 0.3) is 5.89 Å². The van der Waals surface area contributed by atoms with Gasteiger partial charge in [-0.05, 0) is 13.5 Å². The zero-order valence-corrected chi connectivity index (χ0v) is 12.5. The molecule has 0 fully saturated rings. The van der Waals surface area contributed by atoms with Crippen LogP contribution in [0.5, 0.6) is 0 Å². The molecule has 0 bridgehead atoms. The van der Waals surface area contributed by atoms with Gasteiger partial charge in [-0.3, -0.25) is 0 Å². The molecule has 3 aromatic rings. The van der Waals surface area contributed by atoms with Crippen LogP contribution < -0.4 is 5.73 Å². The number of nitrogens with two attached hydrogens (primary N) is 1. The molecule has 0 atom stereocenters. The van der Waals surface area contributed by atoms with Crippen molar-refractivity contribution in [3.63, 3.8) is 0 Å². The van der Waals surface area contributed by atoms with Crippen LogP contribution in [0.1, 0.15) is 21.5 Å². The van der Waals surface area contributed by atoms with Crippen LogP contribution in [0.3, 0.4) is 0 Å². The molecule has 3 heterocycles. The lowest BCUT2D eigenvalue weighted by Crippen LogP contribution is -2.01. The van der Waals surface area contributed by atoms with Crippen molar-refractivity contribution in [1.29, 1.82) is 0 Å². The van der Waals surface area contributed by atoms with Crippen molar-refractivity contribution in [1.82, 2.24) is 20.1 Å². The summed E-state index contributed by atoms with van der Waals surface area (Å²) in [6, 6.07) is 0. The van der Waals surface area contributed by atoms with Crippen molar-refractivity contribution in [3.8, 4) is 11.6 Å². The van der Waals surface area contributed by atoms with Gasteiger partial charge in [-0.2, -0.15) is 4.98 Å². The fraction of sp³-hybridized carbons (Fsp3) is 0.333. The lowest BCUT2D eigenvalue weighted by molar-refractivity contribution is 0.423. The third kappa shape index (κ3) is 2.92. The molecule has 104 valence electrons. The molecule has 3 rings (SSSR count). The number of hydrogen-bond acceptors (Lipinski definition) is 8. The van der Waals surface area contributed by atoms with E-state index >= 15 is 0 Å². The minimum atomic E-state index is 0.452. The van der Waals surface area contributed by atoms with Crippen LogP contribution in [0.4, 0.5) is 0 Å². The topological polar surface area (TPSA) is 90.7 Å². The number of aromatic nitrogens is 4. The van der Waals surface area contributed by atoms with Crippen molar-refractivity contribution in [2.45, 2.75) is 19.8 Å². The SMILES string of the molecule is Cc1csc(Cc2noc(-c3csc(CCN)n3)n2)n1. The van der Waals surface area contributed by atoms with E-state index in [1.807, 2.05) is 17.7 Å². The Labute approximate surface area is 123 Å². The molecule has 6 nitrogen and oxygen atoms in total. The Balaban J connectivity index is 1.75. The maximum Gasteiger partial charge on any atom is 0.277 e. The van der Waals surface area contributed by atoms with Crippen LogP contribution >= 0.6 is 22.7 Å². The highest BCUT2D eigenvalue weighted by atomic mass is 32.1. The van der Waals surface area contributed by atoms with E-state index in [1.165, 1.54) is 0 Å². The van der Waals surface area contributed by atoms with Crippen molar-refractivity contribution in [2.75, 3.05) is 6.54 Å². The average molecular weight is 307 g/mol. The molecule has 0 aliphatic rings. The molecular weight excluding hydrogens is 294 g/mol. The summed E-state index contributed by atoms with van der Waals surface area (Å²) in [4.78, 5) is 13.2. The normalized spacial score (nSPS) is 11.1. The first-order chi connectivity index (χ1) is 9.74. The Morgan fingerprint density at radius 2 is 2.00 bits per heavy atom. The summed E-state index contributed by atoms with van der Waals surface area (Å²) in [6.07, 6.45) is 1.35. The van der Waals surface area contributed by atoms with Gasteiger partial charge in [0.2, 0.25) is 0 Å². The van der Waals surface area contributed by atoms with Gasteiger partial charge >= 0.3 is 0 Å². The van der Waals surface area contributed by atoms with Crippen molar-refractivity contribution in [3.05, 3.63) is 32.3 Å². The largest absolute Gasteiger partial charge is 0.332 e. The fourth-order valence-electron chi connectivity index (χ4n) is 1.70. The summed E-state index contributed by atoms with van der Waals surface area (Å²) >= 11 is 3.16. The van der Waals surface area contributed by atoms with E-state index in [0.717, 1.165) is 22.1 Å². The highest BCUT2D eigenvalue weighted by molar-refractivity contribution is 7.10. The Hall–Kier alpha value is -1.64. The van der Waals surface area contributed by atoms with E-state index in [0.29, 0.717) is 30.4 Å². The quantitative estimate of drug-likeness (QED) is 0.775. The van der Waals surface area contributed by atoms with Gasteiger partial charge in [0.05, 0.1) is 11.4 Å². The monoisotopic (exact) mass is 307 g/mol. The lowest BCUT2D eigenvalue weighted by Gasteiger charge is -1.88. The highest BCUT2D eigenvalue weighted by Gasteiger charge is 2.13. The molecule has 8 heteroatoms. The Bertz CT molecular complexity index is 702. The van der Waals surface area contributed by atoms with Crippen LogP contribution in [0.25, 0.3) is 11.6 Å². The summed E-state index contributed by atoms with van der Waals surface area (Å²) in [5.41, 5.74) is 7.24. The average Bonchev–Trinajstić information content (AvgIpc) is 3.12. The van der Waals surface area contributed by atoms with Crippen LogP contribution in [-0.4, -0.2) is 26.7 Å². The second kappa shape index (κ2) is 5.78. The molecule has 0 aliphatic carbocycles. The van der Waals surface area contributed by atoms with Gasteiger partial charge in [-0.15, -0.1) is 22.7 Å². The van der Waals surface area contributed by atoms with Crippen LogP contribution in [0.2, 0.25) is 0 Å². The first kappa shape index (κ1) is 13.3. The highest BCUT2D eigenvalue weighted by Crippen LogP contribution is 2.21. The van der Waals surface area contributed by atoms with Gasteiger partial charge in [-0.1, -0.05) is 5.16 Å². The van der Waals surface area contributed by atoms with E-state index in [1.54, 1.807) is 22.7 Å². The van der Waals surface area contributed by atoms with Gasteiger partial charge in [0, 0.05) is 22.9 Å². The number of hydrogen-bond donors (Lipinski definition) is 1. The Morgan fingerprint density at radius 1 is 1.15 bits per heavy atom. The van der Waals surface area contributed by atoms with Crippen LogP contribution in [0.15, 0.2) is 15.3 Å². The molecule has 20 heavy (non-hydrogen) atoms. The van der Waals surface area contributed by atoms with E-state index < -0.39 is 0 Å². The predicted molar refractivity (Wildman–Crippen MR) is 77.8 cm³/mol. The van der Waals surface area contributed by atoms with E-state index in [-0.39, 0.29) is 0 Å². The second-order valence-electron chi connectivity index (χ2n) is 4.24. The summed E-state index contributed by atoms with van der Waals surface area (Å²) < 4.78 is 5.25. The predicted octanol–water partition coefficient (Wildman–Crippen LogP) is 2.05. The first-order valence-corrected chi connectivity index (χ1v) is 7.89. The number of thiazole rings is 2. The second-order valence-corrected chi connectivity index (χ2v) is 6.13. The molecule has 0 saturated heterocycles. The molecule has 0 unspecified atom stereocenters. The number of nitrogens with zero attached hydrogens (tertiary/aromatic N) is 4. The first-order valence-electron chi connectivity index (χ1n) is 6.13. The lowest BCUT2D eigenvalue weighted by atomic mass is 10.4. The summed E-state index contributed by atoms with van der Waals surface area (Å²) in [7, 11) is 0. The Morgan fingerprint density at radius 3 is 2.75 bits per heavy atom. The van der Waals surface area contributed by atoms with Gasteiger partial charge in [-0.25, -0.2) is 9.97 Å². The van der Waals surface area contributed by atoms with Gasteiger partial charge < -0.3 is 10.3 Å². The number of aryl methyl sites for hydroxylation is 1. The molecular formula is C12H13N5OS2. The summed E-state index contributed by atoms with van der Waals surface area (Å²) in [6.45, 7) is 2.56. The zero-order valence-electron chi connectivity index (χ0n) is 10.9. The van der Waals surface area contributed by atoms with E-state index in [9.17, 15) is 0 Å². The number of rotatable bonds is 5. The standard InChI is InChI=1S/C12H13N5OS2/c1-7-5-19-11(14-7)4-9-16-12(18-17-9)8-6-20-10(15-8)2-3-13/h5-6H,2-4,13H2,1H3. The molecule has 3 aromatic heterocycles. The minimum Gasteiger partial charge on any atom is -0.332 e. The third-order valence-corrected chi connectivity index (χ3v) is 4.45. The van der Waals surface area contributed by atoms with E-state index in [4.69, 9.17) is 10.3 Å². The van der Waals surface area contributed by atoms with Crippen molar-refractivity contribution >= 4 is 22.7 Å². The summed E-state index contributed by atoms with van der Waals surface area (Å²) in [5.74, 6) is 1.08. The molecule has 0 radical (unpaired) electrons. The van der Waals surface area contributed by atoms with Crippen molar-refractivity contribution < 1.29 is 4.52 Å². The maximum absolute atomic E-state index is 5.51. The smallest absolute Gasteiger partial charge is 0.277 e. The van der Waals surface area contributed by atoms with Crippen molar-refractivity contribution in [2.24, 2.45) is 5.73 Å². The van der Waals surface area contributed by atoms with E-state index in [2.05, 4.69) is 20.1 Å². The zero-order chi connectivity index (χ0) is 13.9. The minimum absolute atomic E-state index is 0.452. The molecule has 2 N–H and O–H groups in total. The third-order valence-electron chi connectivity index (χ3n) is 2.57.